The van der Waals surface area contributed by atoms with Gasteiger partial charge in [-0.15, -0.1) is 0 Å². The SMILES string of the molecule is C=CC(=O)N1CCCN2C(=O)c3c(N4CCOCC4)nc(-c4c(O)cccc4F)c(Cl)c3OCC2C1. The first-order chi connectivity index (χ1) is 17.4. The van der Waals surface area contributed by atoms with Crippen LogP contribution in [0.3, 0.4) is 0 Å². The summed E-state index contributed by atoms with van der Waals surface area (Å²) in [7, 11) is 0. The van der Waals surface area contributed by atoms with E-state index in [2.05, 4.69) is 11.6 Å². The second-order valence-corrected chi connectivity index (χ2v) is 9.22. The second-order valence-electron chi connectivity index (χ2n) is 8.84. The summed E-state index contributed by atoms with van der Waals surface area (Å²) in [5.41, 5.74) is 0.00530. The van der Waals surface area contributed by atoms with Gasteiger partial charge in [-0.2, -0.15) is 0 Å². The van der Waals surface area contributed by atoms with E-state index in [1.54, 1.807) is 9.80 Å². The number of fused-ring (bicyclic) bond motifs is 2. The van der Waals surface area contributed by atoms with Gasteiger partial charge in [-0.25, -0.2) is 9.37 Å². The Bertz CT molecular complexity index is 1200. The summed E-state index contributed by atoms with van der Waals surface area (Å²) in [5.74, 6) is -1.18. The number of aromatic nitrogens is 1. The molecule has 1 N–H and O–H groups in total. The number of hydrogen-bond donors (Lipinski definition) is 1. The normalized spacial score (nSPS) is 20.1. The van der Waals surface area contributed by atoms with Gasteiger partial charge in [0.2, 0.25) is 5.91 Å². The Morgan fingerprint density at radius 2 is 2.00 bits per heavy atom. The number of morpholine rings is 1. The van der Waals surface area contributed by atoms with Gasteiger partial charge >= 0.3 is 0 Å². The molecule has 0 aliphatic carbocycles. The zero-order valence-electron chi connectivity index (χ0n) is 19.6. The van der Waals surface area contributed by atoms with Crippen molar-refractivity contribution in [1.29, 1.82) is 0 Å². The molecule has 2 fully saturated rings. The third kappa shape index (κ3) is 4.24. The van der Waals surface area contributed by atoms with Gasteiger partial charge in [0.15, 0.2) is 5.75 Å². The van der Waals surface area contributed by atoms with Crippen molar-refractivity contribution in [2.45, 2.75) is 12.5 Å². The summed E-state index contributed by atoms with van der Waals surface area (Å²) in [5, 5.41) is 10.4. The number of rotatable bonds is 3. The molecule has 5 rings (SSSR count). The van der Waals surface area contributed by atoms with E-state index < -0.39 is 11.9 Å². The van der Waals surface area contributed by atoms with E-state index in [9.17, 15) is 19.1 Å². The number of phenolic OH excluding ortho intramolecular Hbond substituents is 1. The number of ether oxygens (including phenoxy) is 2. The van der Waals surface area contributed by atoms with Crippen LogP contribution in [0.4, 0.5) is 10.2 Å². The van der Waals surface area contributed by atoms with Gasteiger partial charge in [-0.3, -0.25) is 9.59 Å². The maximum absolute atomic E-state index is 14.9. The average Bonchev–Trinajstić information content (AvgIpc) is 3.17. The molecule has 1 aromatic carbocycles. The third-order valence-electron chi connectivity index (χ3n) is 6.69. The van der Waals surface area contributed by atoms with E-state index in [1.165, 1.54) is 24.3 Å². The van der Waals surface area contributed by atoms with Crippen LogP contribution in [0.2, 0.25) is 5.02 Å². The third-order valence-corrected chi connectivity index (χ3v) is 7.05. The number of pyridine rings is 1. The van der Waals surface area contributed by atoms with Gasteiger partial charge in [0, 0.05) is 32.7 Å². The van der Waals surface area contributed by atoms with Crippen LogP contribution in [0.15, 0.2) is 30.9 Å². The van der Waals surface area contributed by atoms with E-state index in [0.29, 0.717) is 51.6 Å². The van der Waals surface area contributed by atoms with Crippen molar-refractivity contribution < 1.29 is 28.6 Å². The number of hydrogen-bond acceptors (Lipinski definition) is 7. The Balaban J connectivity index is 1.66. The summed E-state index contributed by atoms with van der Waals surface area (Å²) in [6.07, 6.45) is 1.85. The number of carbonyl (C=O) groups is 2. The minimum absolute atomic E-state index is 0.0131. The van der Waals surface area contributed by atoms with Crippen molar-refractivity contribution in [1.82, 2.24) is 14.8 Å². The molecule has 1 aromatic heterocycles. The average molecular weight is 517 g/mol. The molecule has 36 heavy (non-hydrogen) atoms. The predicted molar refractivity (Wildman–Crippen MR) is 131 cm³/mol. The fraction of sp³-hybridized carbons (Fsp3) is 0.400. The molecule has 0 radical (unpaired) electrons. The van der Waals surface area contributed by atoms with Crippen LogP contribution in [0.1, 0.15) is 16.8 Å². The molecule has 4 heterocycles. The molecular formula is C25H26ClFN4O5. The summed E-state index contributed by atoms with van der Waals surface area (Å²) in [4.78, 5) is 36.2. The number of anilines is 1. The number of phenols is 1. The quantitative estimate of drug-likeness (QED) is 0.627. The van der Waals surface area contributed by atoms with E-state index in [-0.39, 0.29) is 58.3 Å². The van der Waals surface area contributed by atoms with E-state index in [0.717, 1.165) is 0 Å². The number of nitrogens with zero attached hydrogens (tertiary/aromatic N) is 4. The molecule has 3 aliphatic rings. The van der Waals surface area contributed by atoms with E-state index >= 15 is 0 Å². The first-order valence-corrected chi connectivity index (χ1v) is 12.2. The first kappa shape index (κ1) is 24.3. The van der Waals surface area contributed by atoms with Crippen LogP contribution in [-0.4, -0.2) is 90.3 Å². The van der Waals surface area contributed by atoms with E-state index in [1.807, 2.05) is 4.90 Å². The fourth-order valence-electron chi connectivity index (χ4n) is 4.90. The molecule has 1 unspecified atom stereocenters. The second kappa shape index (κ2) is 9.94. The highest BCUT2D eigenvalue weighted by Gasteiger charge is 2.40. The molecule has 2 saturated heterocycles. The van der Waals surface area contributed by atoms with Crippen LogP contribution in [0.25, 0.3) is 11.3 Å². The summed E-state index contributed by atoms with van der Waals surface area (Å²) in [6.45, 7) is 6.63. The van der Waals surface area contributed by atoms with Gasteiger partial charge in [0.05, 0.1) is 24.8 Å². The first-order valence-electron chi connectivity index (χ1n) is 11.8. The largest absolute Gasteiger partial charge is 0.507 e. The minimum Gasteiger partial charge on any atom is -0.507 e. The fourth-order valence-corrected chi connectivity index (χ4v) is 5.18. The lowest BCUT2D eigenvalue weighted by Gasteiger charge is -2.32. The van der Waals surface area contributed by atoms with Gasteiger partial charge in [-0.1, -0.05) is 24.2 Å². The van der Waals surface area contributed by atoms with Gasteiger partial charge < -0.3 is 29.3 Å². The topological polar surface area (TPSA) is 95.4 Å². The van der Waals surface area contributed by atoms with Crippen LogP contribution in [0, 0.1) is 5.82 Å². The van der Waals surface area contributed by atoms with E-state index in [4.69, 9.17) is 21.1 Å². The maximum atomic E-state index is 14.9. The molecule has 9 nitrogen and oxygen atoms in total. The lowest BCUT2D eigenvalue weighted by molar-refractivity contribution is -0.126. The lowest BCUT2D eigenvalue weighted by Crippen LogP contribution is -2.47. The number of carbonyl (C=O) groups excluding carboxylic acids is 2. The van der Waals surface area contributed by atoms with Crippen molar-refractivity contribution >= 4 is 29.2 Å². The summed E-state index contributed by atoms with van der Waals surface area (Å²) >= 11 is 6.73. The van der Waals surface area contributed by atoms with Crippen LogP contribution >= 0.6 is 11.6 Å². The minimum atomic E-state index is -0.704. The molecule has 0 spiro atoms. The Labute approximate surface area is 212 Å². The van der Waals surface area contributed by atoms with Crippen molar-refractivity contribution in [3.8, 4) is 22.8 Å². The smallest absolute Gasteiger partial charge is 0.261 e. The lowest BCUT2D eigenvalue weighted by atomic mass is 10.1. The molecule has 1 atom stereocenters. The van der Waals surface area contributed by atoms with Crippen molar-refractivity contribution in [2.24, 2.45) is 0 Å². The maximum Gasteiger partial charge on any atom is 0.261 e. The van der Waals surface area contributed by atoms with Gasteiger partial charge in [-0.05, 0) is 24.6 Å². The van der Waals surface area contributed by atoms with Crippen LogP contribution in [0.5, 0.6) is 11.5 Å². The molecule has 0 bridgehead atoms. The molecule has 2 amide bonds. The molecule has 11 heteroatoms. The number of amides is 2. The number of aromatic hydroxyl groups is 1. The molecule has 3 aliphatic heterocycles. The van der Waals surface area contributed by atoms with Crippen molar-refractivity contribution in [3.63, 3.8) is 0 Å². The highest BCUT2D eigenvalue weighted by Crippen LogP contribution is 2.46. The van der Waals surface area contributed by atoms with Crippen LogP contribution in [-0.2, 0) is 9.53 Å². The summed E-state index contributed by atoms with van der Waals surface area (Å²) < 4.78 is 26.5. The zero-order valence-corrected chi connectivity index (χ0v) is 20.3. The highest BCUT2D eigenvalue weighted by atomic mass is 35.5. The monoisotopic (exact) mass is 516 g/mol. The Morgan fingerprint density at radius 1 is 1.22 bits per heavy atom. The van der Waals surface area contributed by atoms with Crippen molar-refractivity contribution in [2.75, 3.05) is 57.4 Å². The Kier molecular flexibility index (Phi) is 6.72. The molecule has 0 saturated carbocycles. The predicted octanol–water partition coefficient (Wildman–Crippen LogP) is 2.70. The summed E-state index contributed by atoms with van der Waals surface area (Å²) in [6, 6.07) is 3.51. The van der Waals surface area contributed by atoms with Crippen molar-refractivity contribution in [3.05, 3.63) is 47.3 Å². The Morgan fingerprint density at radius 3 is 2.72 bits per heavy atom. The molecule has 2 aromatic rings. The standard InChI is InChI=1S/C25H26ClFN4O5/c1-2-18(33)30-7-4-8-31-15(13-30)14-36-23-20(25(31)34)24(29-9-11-35-12-10-29)28-22(21(23)26)19-16(27)5-3-6-17(19)32/h2-3,5-6,15,32H,1,4,7-14H2. The van der Waals surface area contributed by atoms with Gasteiger partial charge in [0.25, 0.3) is 5.91 Å². The number of benzene rings is 1. The molecular weight excluding hydrogens is 491 g/mol. The molecule has 190 valence electrons. The van der Waals surface area contributed by atoms with Crippen LogP contribution < -0.4 is 9.64 Å². The Hall–Kier alpha value is -3.37. The van der Waals surface area contributed by atoms with Gasteiger partial charge in [0.1, 0.15) is 40.3 Å². The number of halogens is 2. The zero-order chi connectivity index (χ0) is 25.4. The highest BCUT2D eigenvalue weighted by molar-refractivity contribution is 6.35.